The quantitative estimate of drug-likeness (QED) is 0.345. The van der Waals surface area contributed by atoms with Gasteiger partial charge in [-0.25, -0.2) is 22.6 Å². The maximum absolute atomic E-state index is 13.4. The van der Waals surface area contributed by atoms with Crippen LogP contribution in [-0.4, -0.2) is 48.0 Å². The van der Waals surface area contributed by atoms with Gasteiger partial charge in [-0.1, -0.05) is 6.92 Å². The van der Waals surface area contributed by atoms with Crippen LogP contribution >= 0.6 is 0 Å². The molecule has 0 spiro atoms. The summed E-state index contributed by atoms with van der Waals surface area (Å²) in [4.78, 5) is 24.2. The molecule has 1 atom stereocenters. The van der Waals surface area contributed by atoms with Crippen LogP contribution in [0.2, 0.25) is 0 Å². The Balaban J connectivity index is 1.71. The fourth-order valence-electron chi connectivity index (χ4n) is 3.72. The third kappa shape index (κ3) is 5.43. The molecule has 1 unspecified atom stereocenters. The largest absolute Gasteiger partial charge is 0.476 e. The van der Waals surface area contributed by atoms with Crippen LogP contribution in [0.15, 0.2) is 41.3 Å². The number of carbonyl (C=O) groups excluding carboxylic acids is 1. The van der Waals surface area contributed by atoms with E-state index in [0.717, 1.165) is 0 Å². The molecule has 2 heterocycles. The number of ether oxygens (including phenoxy) is 3. The number of hydrogen-bond acceptors (Lipinski definition) is 8. The van der Waals surface area contributed by atoms with E-state index in [-0.39, 0.29) is 46.3 Å². The Hall–Kier alpha value is -4.10. The van der Waals surface area contributed by atoms with E-state index in [1.54, 1.807) is 26.0 Å². The van der Waals surface area contributed by atoms with Gasteiger partial charge in [-0.3, -0.25) is 4.79 Å². The Kier molecular flexibility index (Phi) is 7.60. The zero-order valence-corrected chi connectivity index (χ0v) is 22.1. The van der Waals surface area contributed by atoms with E-state index < -0.39 is 21.9 Å². The maximum Gasteiger partial charge on any atom is 0.356 e. The van der Waals surface area contributed by atoms with Crippen LogP contribution in [0.25, 0.3) is 0 Å². The van der Waals surface area contributed by atoms with Gasteiger partial charge in [0, 0.05) is 29.4 Å². The number of aryl methyl sites for hydroxylation is 1. The normalized spacial score (nSPS) is 13.3. The first kappa shape index (κ1) is 26.9. The number of rotatable bonds is 10. The lowest BCUT2D eigenvalue weighted by molar-refractivity contribution is 0.0688. The molecule has 3 N–H and O–H groups in total. The fraction of sp³-hybridized carbons (Fsp3) is 0.320. The van der Waals surface area contributed by atoms with Crippen LogP contribution in [0.5, 0.6) is 23.1 Å². The second-order valence-electron chi connectivity index (χ2n) is 8.62. The third-order valence-corrected chi connectivity index (χ3v) is 7.55. The zero-order chi connectivity index (χ0) is 27.6. The first-order valence-electron chi connectivity index (χ1n) is 11.9. The van der Waals surface area contributed by atoms with Crippen molar-refractivity contribution in [2.24, 2.45) is 0 Å². The number of sulfonamides is 1. The SMILES string of the molecule is CCC(C)NS(=O)(=O)c1cc(NC(=O)c2ccc3c(c2)OCO3)ccc1Oc1c(C)c(C(=O)O)nn1CC. The second kappa shape index (κ2) is 10.7. The molecule has 13 heteroatoms. The molecule has 0 fully saturated rings. The smallest absolute Gasteiger partial charge is 0.356 e. The predicted octanol–water partition coefficient (Wildman–Crippen LogP) is 3.76. The number of aromatic carboxylic acids is 1. The van der Waals surface area contributed by atoms with Gasteiger partial charge in [-0.2, -0.15) is 5.10 Å². The average Bonchev–Trinajstić information content (AvgIpc) is 3.48. The standard InChI is InChI=1S/C25H28N4O8S/c1-5-14(3)28-38(33,34)21-12-17(26-23(30)16-7-9-18-20(11-16)36-13-35-18)8-10-19(21)37-24-15(4)22(25(31)32)27-29(24)6-2/h7-12,14,28H,5-6,13H2,1-4H3,(H,26,30)(H,31,32). The van der Waals surface area contributed by atoms with Gasteiger partial charge < -0.3 is 24.6 Å². The lowest BCUT2D eigenvalue weighted by atomic mass is 10.2. The van der Waals surface area contributed by atoms with Gasteiger partial charge in [0.15, 0.2) is 17.2 Å². The monoisotopic (exact) mass is 544 g/mol. The third-order valence-electron chi connectivity index (χ3n) is 5.93. The van der Waals surface area contributed by atoms with Crippen LogP contribution in [0.3, 0.4) is 0 Å². The molecule has 12 nitrogen and oxygen atoms in total. The van der Waals surface area contributed by atoms with Gasteiger partial charge in [-0.15, -0.1) is 0 Å². The van der Waals surface area contributed by atoms with Gasteiger partial charge in [0.2, 0.25) is 22.7 Å². The molecule has 2 aromatic carbocycles. The highest BCUT2D eigenvalue weighted by Crippen LogP contribution is 2.35. The van der Waals surface area contributed by atoms with E-state index >= 15 is 0 Å². The molecule has 3 aromatic rings. The van der Waals surface area contributed by atoms with Crippen molar-refractivity contribution in [2.45, 2.75) is 51.6 Å². The molecule has 0 aliphatic carbocycles. The molecule has 1 aliphatic heterocycles. The first-order chi connectivity index (χ1) is 18.0. The number of carboxylic acid groups (broad SMARTS) is 1. The number of benzene rings is 2. The minimum absolute atomic E-state index is 0.0588. The van der Waals surface area contributed by atoms with E-state index in [9.17, 15) is 23.1 Å². The Morgan fingerprint density at radius 1 is 1.16 bits per heavy atom. The van der Waals surface area contributed by atoms with Crippen LogP contribution in [0.4, 0.5) is 5.69 Å². The number of nitrogens with zero attached hydrogens (tertiary/aromatic N) is 2. The summed E-state index contributed by atoms with van der Waals surface area (Å²) in [5, 5.41) is 16.2. The summed E-state index contributed by atoms with van der Waals surface area (Å²) in [5.41, 5.74) is 0.547. The number of hydrogen-bond donors (Lipinski definition) is 3. The van der Waals surface area contributed by atoms with E-state index in [4.69, 9.17) is 14.2 Å². The Morgan fingerprint density at radius 3 is 2.58 bits per heavy atom. The lowest BCUT2D eigenvalue weighted by Gasteiger charge is -2.17. The zero-order valence-electron chi connectivity index (χ0n) is 21.3. The van der Waals surface area contributed by atoms with Crippen molar-refractivity contribution in [1.29, 1.82) is 0 Å². The highest BCUT2D eigenvalue weighted by molar-refractivity contribution is 7.89. The minimum Gasteiger partial charge on any atom is -0.476 e. The van der Waals surface area contributed by atoms with Crippen LogP contribution in [0.1, 0.15) is 53.6 Å². The molecule has 1 aromatic heterocycles. The molecule has 0 saturated heterocycles. The summed E-state index contributed by atoms with van der Waals surface area (Å²) in [6, 6.07) is 8.51. The van der Waals surface area contributed by atoms with Crippen molar-refractivity contribution in [3.63, 3.8) is 0 Å². The van der Waals surface area contributed by atoms with Gasteiger partial charge in [0.1, 0.15) is 10.6 Å². The molecule has 0 saturated carbocycles. The number of anilines is 1. The van der Waals surface area contributed by atoms with Crippen molar-refractivity contribution < 1.29 is 37.3 Å². The summed E-state index contributed by atoms with van der Waals surface area (Å²) < 4.78 is 47.2. The number of aromatic nitrogens is 2. The van der Waals surface area contributed by atoms with Crippen LogP contribution < -0.4 is 24.2 Å². The fourth-order valence-corrected chi connectivity index (χ4v) is 5.20. The number of amides is 1. The maximum atomic E-state index is 13.4. The summed E-state index contributed by atoms with van der Waals surface area (Å²) in [6.45, 7) is 7.20. The number of carbonyl (C=O) groups is 2. The van der Waals surface area contributed by atoms with Crippen LogP contribution in [0, 0.1) is 6.92 Å². The van der Waals surface area contributed by atoms with Crippen molar-refractivity contribution in [3.8, 4) is 23.1 Å². The molecular weight excluding hydrogens is 516 g/mol. The van der Waals surface area contributed by atoms with Gasteiger partial charge in [0.25, 0.3) is 5.91 Å². The molecule has 202 valence electrons. The van der Waals surface area contributed by atoms with Crippen molar-refractivity contribution in [1.82, 2.24) is 14.5 Å². The van der Waals surface area contributed by atoms with E-state index in [2.05, 4.69) is 15.1 Å². The second-order valence-corrected chi connectivity index (χ2v) is 10.3. The van der Waals surface area contributed by atoms with Crippen molar-refractivity contribution in [3.05, 3.63) is 53.2 Å². The van der Waals surface area contributed by atoms with Gasteiger partial charge >= 0.3 is 5.97 Å². The van der Waals surface area contributed by atoms with E-state index in [1.807, 2.05) is 6.92 Å². The van der Waals surface area contributed by atoms with E-state index in [1.165, 1.54) is 35.9 Å². The van der Waals surface area contributed by atoms with Crippen LogP contribution in [-0.2, 0) is 16.6 Å². The molecule has 0 bridgehead atoms. The van der Waals surface area contributed by atoms with Crippen molar-refractivity contribution >= 4 is 27.6 Å². The Morgan fingerprint density at radius 2 is 1.89 bits per heavy atom. The summed E-state index contributed by atoms with van der Waals surface area (Å²) in [6.07, 6.45) is 0.541. The molecular formula is C25H28N4O8S. The van der Waals surface area contributed by atoms with Gasteiger partial charge in [-0.05, 0) is 63.6 Å². The van der Waals surface area contributed by atoms with E-state index in [0.29, 0.717) is 30.0 Å². The number of nitrogens with one attached hydrogen (secondary N) is 2. The Labute approximate surface area is 219 Å². The summed E-state index contributed by atoms with van der Waals surface area (Å²) in [7, 11) is -4.10. The highest BCUT2D eigenvalue weighted by atomic mass is 32.2. The average molecular weight is 545 g/mol. The predicted molar refractivity (Wildman–Crippen MR) is 137 cm³/mol. The lowest BCUT2D eigenvalue weighted by Crippen LogP contribution is -2.32. The highest BCUT2D eigenvalue weighted by Gasteiger charge is 2.26. The first-order valence-corrected chi connectivity index (χ1v) is 13.4. The molecule has 38 heavy (non-hydrogen) atoms. The Bertz CT molecular complexity index is 1500. The van der Waals surface area contributed by atoms with Crippen molar-refractivity contribution in [2.75, 3.05) is 12.1 Å². The molecule has 1 amide bonds. The summed E-state index contributed by atoms with van der Waals surface area (Å²) >= 11 is 0. The summed E-state index contributed by atoms with van der Waals surface area (Å²) in [5.74, 6) is -0.710. The number of fused-ring (bicyclic) bond motifs is 1. The molecule has 4 rings (SSSR count). The molecule has 0 radical (unpaired) electrons. The topological polar surface area (TPSA) is 158 Å². The minimum atomic E-state index is -4.10. The van der Waals surface area contributed by atoms with Gasteiger partial charge in [0.05, 0.1) is 0 Å². The number of carboxylic acids is 1. The molecule has 1 aliphatic rings.